The molecule has 0 radical (unpaired) electrons. The third-order valence-corrected chi connectivity index (χ3v) is 7.55. The van der Waals surface area contributed by atoms with E-state index < -0.39 is 0 Å². The summed E-state index contributed by atoms with van der Waals surface area (Å²) in [7, 11) is 7.89. The van der Waals surface area contributed by atoms with Gasteiger partial charge in [0.1, 0.15) is 21.7 Å². The SMILES string of the molecule is COc1cc(/C=C/C(=O)N(CCCN2CCOCC2)c2nc3c(OC)ccc(OC)c3s2)cc(OC)c1OC. The lowest BCUT2D eigenvalue weighted by Gasteiger charge is -2.27. The first-order chi connectivity index (χ1) is 19.0. The number of amides is 1. The van der Waals surface area contributed by atoms with Crippen molar-refractivity contribution in [1.29, 1.82) is 0 Å². The third-order valence-electron chi connectivity index (χ3n) is 6.46. The summed E-state index contributed by atoms with van der Waals surface area (Å²) in [5.41, 5.74) is 1.40. The van der Waals surface area contributed by atoms with Crippen LogP contribution in [0.25, 0.3) is 16.3 Å². The Hall–Kier alpha value is -3.54. The van der Waals surface area contributed by atoms with E-state index in [1.807, 2.05) is 12.1 Å². The highest BCUT2D eigenvalue weighted by Gasteiger charge is 2.22. The molecule has 210 valence electrons. The van der Waals surface area contributed by atoms with Gasteiger partial charge in [-0.15, -0.1) is 0 Å². The number of aromatic nitrogens is 1. The van der Waals surface area contributed by atoms with Gasteiger partial charge in [0.2, 0.25) is 5.75 Å². The number of morpholine rings is 1. The Labute approximate surface area is 232 Å². The average Bonchev–Trinajstić information content (AvgIpc) is 3.42. The number of ether oxygens (including phenoxy) is 6. The quantitative estimate of drug-likeness (QED) is 0.305. The number of methoxy groups -OCH3 is 5. The lowest BCUT2D eigenvalue weighted by atomic mass is 10.1. The second-order valence-electron chi connectivity index (χ2n) is 8.73. The fourth-order valence-corrected chi connectivity index (χ4v) is 5.53. The maximum atomic E-state index is 13.6. The number of hydrogen-bond acceptors (Lipinski definition) is 10. The monoisotopic (exact) mass is 557 g/mol. The number of fused-ring (bicyclic) bond motifs is 1. The molecule has 1 fully saturated rings. The van der Waals surface area contributed by atoms with Crippen LogP contribution in [0.2, 0.25) is 0 Å². The molecule has 2 aromatic carbocycles. The molecule has 1 amide bonds. The molecule has 1 aromatic heterocycles. The molecule has 2 heterocycles. The lowest BCUT2D eigenvalue weighted by Crippen LogP contribution is -2.39. The van der Waals surface area contributed by atoms with Gasteiger partial charge >= 0.3 is 0 Å². The van der Waals surface area contributed by atoms with Crippen LogP contribution in [0, 0.1) is 0 Å². The molecular formula is C28H35N3O7S. The fourth-order valence-electron chi connectivity index (χ4n) is 4.42. The van der Waals surface area contributed by atoms with Crippen LogP contribution in [0.15, 0.2) is 30.3 Å². The van der Waals surface area contributed by atoms with Crippen LogP contribution in [0.3, 0.4) is 0 Å². The molecule has 10 nitrogen and oxygen atoms in total. The van der Waals surface area contributed by atoms with Gasteiger partial charge in [0.25, 0.3) is 5.91 Å². The number of nitrogens with zero attached hydrogens (tertiary/aromatic N) is 3. The van der Waals surface area contributed by atoms with E-state index in [9.17, 15) is 4.79 Å². The van der Waals surface area contributed by atoms with E-state index in [0.717, 1.165) is 49.5 Å². The number of benzene rings is 2. The molecule has 0 unspecified atom stereocenters. The van der Waals surface area contributed by atoms with Crippen LogP contribution in [-0.4, -0.2) is 90.7 Å². The Morgan fingerprint density at radius 3 is 2.23 bits per heavy atom. The Kier molecular flexibility index (Phi) is 9.85. The van der Waals surface area contributed by atoms with Crippen molar-refractivity contribution in [2.24, 2.45) is 0 Å². The number of anilines is 1. The molecule has 1 saturated heterocycles. The Bertz CT molecular complexity index is 1240. The highest BCUT2D eigenvalue weighted by atomic mass is 32.1. The zero-order valence-corrected chi connectivity index (χ0v) is 23.8. The van der Waals surface area contributed by atoms with Crippen molar-refractivity contribution in [3.63, 3.8) is 0 Å². The number of rotatable bonds is 12. The standard InChI is InChI=1S/C28H35N3O7S/c1-33-20-8-9-21(34-2)27-25(20)29-28(39-27)31(12-6-11-30-13-15-38-16-14-30)24(32)10-7-19-17-22(35-3)26(37-5)23(18-19)36-4/h7-10,17-18H,6,11-16H2,1-5H3/b10-7+. The highest BCUT2D eigenvalue weighted by molar-refractivity contribution is 7.22. The Balaban J connectivity index is 1.64. The first-order valence-electron chi connectivity index (χ1n) is 12.6. The summed E-state index contributed by atoms with van der Waals surface area (Å²) in [5, 5.41) is 0.578. The second-order valence-corrected chi connectivity index (χ2v) is 9.71. The van der Waals surface area contributed by atoms with Crippen molar-refractivity contribution >= 4 is 38.7 Å². The normalized spacial score (nSPS) is 14.0. The van der Waals surface area contributed by atoms with Gasteiger partial charge in [0.15, 0.2) is 16.6 Å². The Morgan fingerprint density at radius 2 is 1.62 bits per heavy atom. The van der Waals surface area contributed by atoms with Crippen molar-refractivity contribution in [3.8, 4) is 28.7 Å². The van der Waals surface area contributed by atoms with Gasteiger partial charge in [-0.2, -0.15) is 0 Å². The highest BCUT2D eigenvalue weighted by Crippen LogP contribution is 2.41. The summed E-state index contributed by atoms with van der Waals surface area (Å²) in [6.45, 7) is 4.62. The van der Waals surface area contributed by atoms with Gasteiger partial charge in [-0.3, -0.25) is 14.6 Å². The predicted molar refractivity (Wildman–Crippen MR) is 152 cm³/mol. The van der Waals surface area contributed by atoms with Crippen LogP contribution < -0.4 is 28.6 Å². The van der Waals surface area contributed by atoms with Crippen molar-refractivity contribution in [2.75, 3.05) is 79.8 Å². The van der Waals surface area contributed by atoms with Crippen LogP contribution in [-0.2, 0) is 9.53 Å². The molecule has 3 aromatic rings. The molecule has 0 atom stereocenters. The zero-order valence-electron chi connectivity index (χ0n) is 23.0. The average molecular weight is 558 g/mol. The van der Waals surface area contributed by atoms with Crippen LogP contribution in [0.4, 0.5) is 5.13 Å². The van der Waals surface area contributed by atoms with Gasteiger partial charge in [0.05, 0.1) is 48.8 Å². The van der Waals surface area contributed by atoms with E-state index in [-0.39, 0.29) is 5.91 Å². The lowest BCUT2D eigenvalue weighted by molar-refractivity contribution is -0.114. The fraction of sp³-hybridized carbons (Fsp3) is 0.429. The smallest absolute Gasteiger partial charge is 0.252 e. The second kappa shape index (κ2) is 13.5. The van der Waals surface area contributed by atoms with Crippen molar-refractivity contribution < 1.29 is 33.2 Å². The van der Waals surface area contributed by atoms with Crippen molar-refractivity contribution in [3.05, 3.63) is 35.9 Å². The van der Waals surface area contributed by atoms with E-state index in [4.69, 9.17) is 33.4 Å². The molecule has 1 aliphatic rings. The minimum Gasteiger partial charge on any atom is -0.495 e. The van der Waals surface area contributed by atoms with Gasteiger partial charge < -0.3 is 28.4 Å². The summed E-state index contributed by atoms with van der Waals surface area (Å²) in [5.74, 6) is 2.63. The number of hydrogen-bond donors (Lipinski definition) is 0. The summed E-state index contributed by atoms with van der Waals surface area (Å²) >= 11 is 1.40. The predicted octanol–water partition coefficient (Wildman–Crippen LogP) is 4.11. The van der Waals surface area contributed by atoms with Crippen LogP contribution in [0.5, 0.6) is 28.7 Å². The molecule has 0 spiro atoms. The van der Waals surface area contributed by atoms with Crippen LogP contribution >= 0.6 is 11.3 Å². The molecule has 4 rings (SSSR count). The summed E-state index contributed by atoms with van der Waals surface area (Å²) in [6.07, 6.45) is 4.06. The van der Waals surface area contributed by atoms with E-state index in [1.54, 1.807) is 58.7 Å². The van der Waals surface area contributed by atoms with E-state index in [1.165, 1.54) is 17.4 Å². The maximum absolute atomic E-state index is 13.6. The van der Waals surface area contributed by atoms with Gasteiger partial charge in [-0.1, -0.05) is 11.3 Å². The summed E-state index contributed by atoms with van der Waals surface area (Å²) < 4.78 is 33.7. The third kappa shape index (κ3) is 6.55. The van der Waals surface area contributed by atoms with Gasteiger partial charge in [-0.25, -0.2) is 4.98 Å². The molecule has 0 N–H and O–H groups in total. The molecule has 39 heavy (non-hydrogen) atoms. The van der Waals surface area contributed by atoms with E-state index in [2.05, 4.69) is 4.90 Å². The first kappa shape index (κ1) is 28.5. The van der Waals surface area contributed by atoms with Gasteiger partial charge in [0, 0.05) is 32.3 Å². The van der Waals surface area contributed by atoms with E-state index in [0.29, 0.717) is 45.9 Å². The topological polar surface area (TPSA) is 91.8 Å². The molecule has 1 aliphatic heterocycles. The number of thiazole rings is 1. The summed E-state index contributed by atoms with van der Waals surface area (Å²) in [6, 6.07) is 7.25. The minimum absolute atomic E-state index is 0.192. The van der Waals surface area contributed by atoms with Crippen molar-refractivity contribution in [1.82, 2.24) is 9.88 Å². The zero-order chi connectivity index (χ0) is 27.8. The van der Waals surface area contributed by atoms with Crippen LogP contribution in [0.1, 0.15) is 12.0 Å². The van der Waals surface area contributed by atoms with E-state index >= 15 is 0 Å². The number of carbonyl (C=O) groups excluding carboxylic acids is 1. The maximum Gasteiger partial charge on any atom is 0.252 e. The number of carbonyl (C=O) groups is 1. The van der Waals surface area contributed by atoms with Gasteiger partial charge in [-0.05, 0) is 42.3 Å². The molecule has 0 saturated carbocycles. The largest absolute Gasteiger partial charge is 0.495 e. The summed E-state index contributed by atoms with van der Waals surface area (Å²) in [4.78, 5) is 22.5. The van der Waals surface area contributed by atoms with Crippen molar-refractivity contribution in [2.45, 2.75) is 6.42 Å². The Morgan fingerprint density at radius 1 is 0.974 bits per heavy atom. The molecule has 11 heteroatoms. The molecule has 0 bridgehead atoms. The first-order valence-corrected chi connectivity index (χ1v) is 13.5. The minimum atomic E-state index is -0.192. The molecule has 0 aliphatic carbocycles. The molecular weight excluding hydrogens is 522 g/mol.